The Morgan fingerprint density at radius 2 is 2.24 bits per heavy atom. The molecule has 1 unspecified atom stereocenters. The van der Waals surface area contributed by atoms with Crippen LogP contribution in [-0.2, 0) is 0 Å². The molecule has 17 heavy (non-hydrogen) atoms. The predicted molar refractivity (Wildman–Crippen MR) is 60.0 cm³/mol. The summed E-state index contributed by atoms with van der Waals surface area (Å²) in [6.07, 6.45) is -1.04. The Hall–Kier alpha value is -1.51. The molecular formula is C8H11ClN4O4. The number of aryl methyl sites for hydroxylation is 1. The van der Waals surface area contributed by atoms with Crippen molar-refractivity contribution in [2.24, 2.45) is 0 Å². The van der Waals surface area contributed by atoms with Gasteiger partial charge < -0.3 is 15.5 Å². The van der Waals surface area contributed by atoms with Crippen LogP contribution in [-0.4, -0.2) is 44.4 Å². The molecule has 94 valence electrons. The summed E-state index contributed by atoms with van der Waals surface area (Å²) < 4.78 is 0. The lowest BCUT2D eigenvalue weighted by Crippen LogP contribution is -2.24. The predicted octanol–water partition coefficient (Wildman–Crippen LogP) is 0.112. The second kappa shape index (κ2) is 5.71. The van der Waals surface area contributed by atoms with E-state index in [0.717, 1.165) is 0 Å². The summed E-state index contributed by atoms with van der Waals surface area (Å²) in [6, 6.07) is 0. The van der Waals surface area contributed by atoms with Gasteiger partial charge in [-0.05, 0) is 18.5 Å². The molecule has 3 N–H and O–H groups in total. The van der Waals surface area contributed by atoms with Gasteiger partial charge in [-0.25, -0.2) is 4.98 Å². The van der Waals surface area contributed by atoms with Crippen LogP contribution in [0.15, 0.2) is 0 Å². The number of aliphatic hydroxyl groups excluding tert-OH is 2. The Balaban J connectivity index is 3.00. The number of aliphatic hydroxyl groups is 2. The summed E-state index contributed by atoms with van der Waals surface area (Å²) in [4.78, 5) is 17.5. The van der Waals surface area contributed by atoms with Crippen LogP contribution in [0.25, 0.3) is 0 Å². The van der Waals surface area contributed by atoms with E-state index < -0.39 is 17.6 Å². The zero-order valence-corrected chi connectivity index (χ0v) is 9.68. The van der Waals surface area contributed by atoms with Gasteiger partial charge in [0.05, 0.1) is 17.6 Å². The van der Waals surface area contributed by atoms with Gasteiger partial charge in [0.1, 0.15) is 5.69 Å². The molecule has 1 rings (SSSR count). The fourth-order valence-electron chi connectivity index (χ4n) is 1.15. The second-order valence-electron chi connectivity index (χ2n) is 3.25. The van der Waals surface area contributed by atoms with Crippen molar-refractivity contribution in [3.05, 3.63) is 21.1 Å². The van der Waals surface area contributed by atoms with Crippen LogP contribution in [0.2, 0.25) is 5.28 Å². The number of hydrogen-bond donors (Lipinski definition) is 3. The van der Waals surface area contributed by atoms with Crippen molar-refractivity contribution < 1.29 is 15.1 Å². The third-order valence-corrected chi connectivity index (χ3v) is 2.10. The first-order chi connectivity index (χ1) is 7.95. The maximum atomic E-state index is 10.8. The normalized spacial score (nSPS) is 12.2. The maximum absolute atomic E-state index is 10.8. The van der Waals surface area contributed by atoms with Gasteiger partial charge >= 0.3 is 5.69 Å². The molecule has 1 aromatic rings. The van der Waals surface area contributed by atoms with E-state index in [1.54, 1.807) is 0 Å². The first-order valence-electron chi connectivity index (χ1n) is 4.67. The van der Waals surface area contributed by atoms with Crippen molar-refractivity contribution >= 4 is 23.1 Å². The minimum absolute atomic E-state index is 0.0792. The van der Waals surface area contributed by atoms with Crippen LogP contribution in [0.4, 0.5) is 11.5 Å². The molecule has 0 amide bonds. The van der Waals surface area contributed by atoms with Crippen molar-refractivity contribution in [2.45, 2.75) is 13.0 Å². The van der Waals surface area contributed by atoms with Crippen molar-refractivity contribution in [3.8, 4) is 0 Å². The van der Waals surface area contributed by atoms with Crippen molar-refractivity contribution in [1.82, 2.24) is 9.97 Å². The first-order valence-corrected chi connectivity index (χ1v) is 5.04. The van der Waals surface area contributed by atoms with Gasteiger partial charge in [0.2, 0.25) is 11.1 Å². The quantitative estimate of drug-likeness (QED) is 0.391. The first kappa shape index (κ1) is 13.6. The van der Waals surface area contributed by atoms with Crippen LogP contribution in [0.3, 0.4) is 0 Å². The van der Waals surface area contributed by atoms with E-state index in [1.165, 1.54) is 6.92 Å². The number of aromatic nitrogens is 2. The molecule has 0 saturated carbocycles. The average Bonchev–Trinajstić information content (AvgIpc) is 2.24. The Morgan fingerprint density at radius 1 is 1.59 bits per heavy atom. The van der Waals surface area contributed by atoms with E-state index in [2.05, 4.69) is 15.3 Å². The fraction of sp³-hybridized carbons (Fsp3) is 0.500. The standard InChI is InChI=1S/C8H11ClN4O4/c1-4-6(13(16)17)7(12-8(9)11-4)10-2-5(15)3-14/h5,14-15H,2-3H2,1H3,(H,10,11,12). The number of nitrogens with one attached hydrogen (secondary N) is 1. The SMILES string of the molecule is Cc1nc(Cl)nc(NCC(O)CO)c1[N+](=O)[O-]. The van der Waals surface area contributed by atoms with Crippen LogP contribution < -0.4 is 5.32 Å². The zero-order chi connectivity index (χ0) is 13.0. The Kier molecular flexibility index (Phi) is 4.55. The smallest absolute Gasteiger partial charge is 0.332 e. The van der Waals surface area contributed by atoms with Crippen LogP contribution in [0.5, 0.6) is 0 Å². The molecule has 0 aromatic carbocycles. The summed E-state index contributed by atoms with van der Waals surface area (Å²) >= 11 is 5.58. The molecule has 1 atom stereocenters. The molecule has 1 heterocycles. The molecular weight excluding hydrogens is 252 g/mol. The van der Waals surface area contributed by atoms with Gasteiger partial charge in [0, 0.05) is 6.54 Å². The maximum Gasteiger partial charge on any atom is 0.332 e. The third-order valence-electron chi connectivity index (χ3n) is 1.93. The molecule has 8 nitrogen and oxygen atoms in total. The largest absolute Gasteiger partial charge is 0.394 e. The lowest BCUT2D eigenvalue weighted by molar-refractivity contribution is -0.385. The molecule has 0 bridgehead atoms. The van der Waals surface area contributed by atoms with E-state index in [4.69, 9.17) is 21.8 Å². The van der Waals surface area contributed by atoms with Gasteiger partial charge in [0.15, 0.2) is 0 Å². The minimum Gasteiger partial charge on any atom is -0.394 e. The van der Waals surface area contributed by atoms with Gasteiger partial charge in [0.25, 0.3) is 0 Å². The highest BCUT2D eigenvalue weighted by atomic mass is 35.5. The van der Waals surface area contributed by atoms with E-state index in [9.17, 15) is 10.1 Å². The zero-order valence-electron chi connectivity index (χ0n) is 8.92. The van der Waals surface area contributed by atoms with Crippen LogP contribution >= 0.6 is 11.6 Å². The van der Waals surface area contributed by atoms with E-state index in [-0.39, 0.29) is 29.0 Å². The highest BCUT2D eigenvalue weighted by Crippen LogP contribution is 2.26. The second-order valence-corrected chi connectivity index (χ2v) is 3.59. The molecule has 0 aliphatic carbocycles. The van der Waals surface area contributed by atoms with Crippen molar-refractivity contribution in [1.29, 1.82) is 0 Å². The van der Waals surface area contributed by atoms with Gasteiger partial charge in [-0.3, -0.25) is 10.1 Å². The number of nitrogens with zero attached hydrogens (tertiary/aromatic N) is 3. The third kappa shape index (κ3) is 3.48. The van der Waals surface area contributed by atoms with Crippen LogP contribution in [0, 0.1) is 17.0 Å². The summed E-state index contributed by atoms with van der Waals surface area (Å²) in [5.41, 5.74) is -0.185. The highest BCUT2D eigenvalue weighted by Gasteiger charge is 2.21. The van der Waals surface area contributed by atoms with E-state index >= 15 is 0 Å². The molecule has 1 aromatic heterocycles. The minimum atomic E-state index is -1.04. The molecule has 0 aliphatic heterocycles. The summed E-state index contributed by atoms with van der Waals surface area (Å²) in [5.74, 6) is -0.0833. The molecule has 0 radical (unpaired) electrons. The average molecular weight is 263 g/mol. The van der Waals surface area contributed by atoms with Gasteiger partial charge in [-0.2, -0.15) is 4.98 Å². The van der Waals surface area contributed by atoms with Crippen molar-refractivity contribution in [2.75, 3.05) is 18.5 Å². The molecule has 0 spiro atoms. The Bertz CT molecular complexity index is 428. The van der Waals surface area contributed by atoms with Gasteiger partial charge in [-0.1, -0.05) is 0 Å². The monoisotopic (exact) mass is 262 g/mol. The van der Waals surface area contributed by atoms with Crippen LogP contribution in [0.1, 0.15) is 5.69 Å². The lowest BCUT2D eigenvalue weighted by Gasteiger charge is -2.10. The van der Waals surface area contributed by atoms with Gasteiger partial charge in [-0.15, -0.1) is 0 Å². The number of hydrogen-bond acceptors (Lipinski definition) is 7. The Labute approximate surface area is 101 Å². The molecule has 9 heteroatoms. The number of nitro groups is 1. The molecule has 0 fully saturated rings. The number of rotatable bonds is 5. The van der Waals surface area contributed by atoms with Crippen molar-refractivity contribution in [3.63, 3.8) is 0 Å². The molecule has 0 saturated heterocycles. The van der Waals surface area contributed by atoms with E-state index in [1.807, 2.05) is 0 Å². The Morgan fingerprint density at radius 3 is 2.76 bits per heavy atom. The van der Waals surface area contributed by atoms with E-state index in [0.29, 0.717) is 0 Å². The summed E-state index contributed by atoms with van der Waals surface area (Å²) in [7, 11) is 0. The fourth-order valence-corrected chi connectivity index (χ4v) is 1.37. The summed E-state index contributed by atoms with van der Waals surface area (Å²) in [6.45, 7) is 0.891. The lowest BCUT2D eigenvalue weighted by atomic mass is 10.3. The number of anilines is 1. The molecule has 0 aliphatic rings. The highest BCUT2D eigenvalue weighted by molar-refractivity contribution is 6.28. The number of halogens is 1. The topological polar surface area (TPSA) is 121 Å². The summed E-state index contributed by atoms with van der Waals surface area (Å²) in [5, 5.41) is 31.0.